The van der Waals surface area contributed by atoms with E-state index in [0.29, 0.717) is 41.6 Å². The van der Waals surface area contributed by atoms with Gasteiger partial charge in [-0.1, -0.05) is 30.3 Å². The van der Waals surface area contributed by atoms with Crippen LogP contribution in [0.4, 0.5) is 5.95 Å². The van der Waals surface area contributed by atoms with Gasteiger partial charge in [-0.3, -0.25) is 9.78 Å². The number of hydrazone groups is 1. The maximum absolute atomic E-state index is 12.3. The fourth-order valence-electron chi connectivity index (χ4n) is 2.96. The van der Waals surface area contributed by atoms with Gasteiger partial charge in [-0.25, -0.2) is 10.4 Å². The summed E-state index contributed by atoms with van der Waals surface area (Å²) in [5.41, 5.74) is 3.65. The number of methoxy groups -OCH3 is 1. The van der Waals surface area contributed by atoms with E-state index < -0.39 is 5.56 Å². The smallest absolute Gasteiger partial charge is 0.270 e. The minimum atomic E-state index is -0.555. The lowest BCUT2D eigenvalue weighted by atomic mass is 10.1. The number of anilines is 1. The Bertz CT molecular complexity index is 1200. The number of nitrogens with zero attached hydrogens (tertiary/aromatic N) is 3. The molecule has 0 fully saturated rings. The van der Waals surface area contributed by atoms with Crippen molar-refractivity contribution in [1.82, 2.24) is 9.97 Å². The van der Waals surface area contributed by atoms with Crippen LogP contribution in [0.3, 0.4) is 0 Å². The normalized spacial score (nSPS) is 12.4. The zero-order chi connectivity index (χ0) is 20.9. The summed E-state index contributed by atoms with van der Waals surface area (Å²) in [7, 11) is 1.54. The van der Waals surface area contributed by atoms with Gasteiger partial charge in [-0.15, -0.1) is 0 Å². The highest BCUT2D eigenvalue weighted by atomic mass is 16.6. The van der Waals surface area contributed by atoms with Crippen molar-refractivity contribution in [2.45, 2.75) is 0 Å². The second-order valence-electron chi connectivity index (χ2n) is 6.22. The summed E-state index contributed by atoms with van der Waals surface area (Å²) in [5, 5.41) is 13.5. The van der Waals surface area contributed by atoms with Gasteiger partial charge in [0.2, 0.25) is 5.95 Å². The van der Waals surface area contributed by atoms with Gasteiger partial charge in [0.25, 0.3) is 5.56 Å². The summed E-state index contributed by atoms with van der Waals surface area (Å²) in [4.78, 5) is 19.2. The van der Waals surface area contributed by atoms with Crippen LogP contribution < -0.4 is 25.2 Å². The molecular formula is C21H17N5O4. The number of benzene rings is 2. The monoisotopic (exact) mass is 403 g/mol. The van der Waals surface area contributed by atoms with Crippen LogP contribution in [0.1, 0.15) is 11.1 Å². The molecule has 1 aromatic heterocycles. The van der Waals surface area contributed by atoms with Crippen LogP contribution in [-0.4, -0.2) is 36.5 Å². The first-order valence-electron chi connectivity index (χ1n) is 9.06. The number of fused-ring (bicyclic) bond motifs is 1. The van der Waals surface area contributed by atoms with Gasteiger partial charge in [-0.2, -0.15) is 10.4 Å². The molecule has 1 aliphatic rings. The second-order valence-corrected chi connectivity index (χ2v) is 6.22. The fourth-order valence-corrected chi connectivity index (χ4v) is 2.96. The van der Waals surface area contributed by atoms with Gasteiger partial charge in [0.05, 0.1) is 19.0 Å². The molecule has 9 heteroatoms. The lowest BCUT2D eigenvalue weighted by Crippen LogP contribution is -2.16. The van der Waals surface area contributed by atoms with Crippen molar-refractivity contribution in [3.63, 3.8) is 0 Å². The molecule has 0 aliphatic carbocycles. The summed E-state index contributed by atoms with van der Waals surface area (Å²) in [6, 6.07) is 14.4. The van der Waals surface area contributed by atoms with Crippen molar-refractivity contribution in [1.29, 1.82) is 5.26 Å². The van der Waals surface area contributed by atoms with E-state index in [1.807, 2.05) is 12.1 Å². The number of aromatic amines is 1. The summed E-state index contributed by atoms with van der Waals surface area (Å²) in [6.07, 6.45) is 1.51. The molecule has 1 aliphatic heterocycles. The molecule has 0 unspecified atom stereocenters. The van der Waals surface area contributed by atoms with Crippen LogP contribution in [-0.2, 0) is 0 Å². The van der Waals surface area contributed by atoms with Crippen molar-refractivity contribution >= 4 is 12.2 Å². The molecule has 0 bridgehead atoms. The minimum absolute atomic E-state index is 0.0655. The molecule has 150 valence electrons. The van der Waals surface area contributed by atoms with Crippen LogP contribution in [0.15, 0.2) is 52.4 Å². The molecule has 3 aromatic rings. The van der Waals surface area contributed by atoms with Crippen LogP contribution in [0, 0.1) is 11.3 Å². The fraction of sp³-hybridized carbons (Fsp3) is 0.143. The Labute approximate surface area is 171 Å². The van der Waals surface area contributed by atoms with E-state index in [4.69, 9.17) is 14.2 Å². The van der Waals surface area contributed by atoms with E-state index in [2.05, 4.69) is 20.5 Å². The number of H-pyrrole nitrogens is 1. The highest BCUT2D eigenvalue weighted by Crippen LogP contribution is 2.36. The lowest BCUT2D eigenvalue weighted by molar-refractivity contribution is 0.171. The Morgan fingerprint density at radius 2 is 1.97 bits per heavy atom. The van der Waals surface area contributed by atoms with E-state index in [1.54, 1.807) is 43.5 Å². The molecular weight excluding hydrogens is 386 g/mol. The van der Waals surface area contributed by atoms with E-state index >= 15 is 0 Å². The number of hydrogen-bond donors (Lipinski definition) is 2. The number of hydrogen-bond acceptors (Lipinski definition) is 8. The standard InChI is InChI=1S/C21H17N5O4/c1-28-16-10-18-17(29-7-8-30-18)9-14(16)12-23-26-21-24-19(13-5-3-2-4-6-13)15(11-22)20(27)25-21/h2-6,9-10,12H,7-8H2,1H3,(H2,24,25,26,27). The molecule has 0 atom stereocenters. The molecule has 0 saturated heterocycles. The van der Waals surface area contributed by atoms with Crippen LogP contribution in [0.2, 0.25) is 0 Å². The van der Waals surface area contributed by atoms with Crippen molar-refractivity contribution in [3.05, 3.63) is 63.9 Å². The van der Waals surface area contributed by atoms with E-state index in [9.17, 15) is 10.1 Å². The molecule has 2 aromatic carbocycles. The molecule has 4 rings (SSSR count). The topological polar surface area (TPSA) is 122 Å². The third kappa shape index (κ3) is 3.79. The Kier molecular flexibility index (Phi) is 5.30. The summed E-state index contributed by atoms with van der Waals surface area (Å²) in [6.45, 7) is 0.944. The highest BCUT2D eigenvalue weighted by Gasteiger charge is 2.16. The first-order chi connectivity index (χ1) is 14.7. The van der Waals surface area contributed by atoms with Crippen molar-refractivity contribution in [2.24, 2.45) is 5.10 Å². The van der Waals surface area contributed by atoms with E-state index in [-0.39, 0.29) is 17.2 Å². The highest BCUT2D eigenvalue weighted by molar-refractivity contribution is 5.85. The van der Waals surface area contributed by atoms with Gasteiger partial charge in [0.15, 0.2) is 11.5 Å². The number of rotatable bonds is 5. The van der Waals surface area contributed by atoms with E-state index in [0.717, 1.165) is 0 Å². The molecule has 9 nitrogen and oxygen atoms in total. The average Bonchev–Trinajstić information content (AvgIpc) is 2.78. The lowest BCUT2D eigenvalue weighted by Gasteiger charge is -2.19. The Morgan fingerprint density at radius 1 is 1.23 bits per heavy atom. The first-order valence-corrected chi connectivity index (χ1v) is 9.06. The van der Waals surface area contributed by atoms with Crippen molar-refractivity contribution in [3.8, 4) is 34.6 Å². The minimum Gasteiger partial charge on any atom is -0.496 e. The summed E-state index contributed by atoms with van der Waals surface area (Å²) >= 11 is 0. The second kappa shape index (κ2) is 8.36. The van der Waals surface area contributed by atoms with Gasteiger partial charge >= 0.3 is 0 Å². The quantitative estimate of drug-likeness (QED) is 0.496. The molecule has 0 saturated carbocycles. The predicted molar refractivity (Wildman–Crippen MR) is 110 cm³/mol. The molecule has 2 heterocycles. The Hall–Kier alpha value is -4.32. The van der Waals surface area contributed by atoms with E-state index in [1.165, 1.54) is 6.21 Å². The van der Waals surface area contributed by atoms with Gasteiger partial charge in [-0.05, 0) is 6.07 Å². The van der Waals surface area contributed by atoms with Crippen LogP contribution >= 0.6 is 0 Å². The molecule has 0 spiro atoms. The molecule has 2 N–H and O–H groups in total. The van der Waals surface area contributed by atoms with Crippen LogP contribution in [0.5, 0.6) is 17.2 Å². The third-order valence-electron chi connectivity index (χ3n) is 4.35. The maximum atomic E-state index is 12.3. The Morgan fingerprint density at radius 3 is 2.67 bits per heavy atom. The first kappa shape index (κ1) is 19.0. The average molecular weight is 403 g/mol. The SMILES string of the molecule is COc1cc2c(cc1C=NNc1nc(-c3ccccc3)c(C#N)c(=O)[nH]1)OCCO2. The molecule has 0 radical (unpaired) electrons. The molecule has 0 amide bonds. The zero-order valence-electron chi connectivity index (χ0n) is 16.0. The third-order valence-corrected chi connectivity index (χ3v) is 4.35. The number of nitrogens with one attached hydrogen (secondary N) is 2. The number of ether oxygens (including phenoxy) is 3. The van der Waals surface area contributed by atoms with Gasteiger partial charge in [0, 0.05) is 17.2 Å². The van der Waals surface area contributed by atoms with Crippen molar-refractivity contribution < 1.29 is 14.2 Å². The Balaban J connectivity index is 1.63. The van der Waals surface area contributed by atoms with Crippen LogP contribution in [0.25, 0.3) is 11.3 Å². The van der Waals surface area contributed by atoms with Gasteiger partial charge < -0.3 is 14.2 Å². The zero-order valence-corrected chi connectivity index (χ0v) is 16.0. The predicted octanol–water partition coefficient (Wildman–Crippen LogP) is 2.53. The van der Waals surface area contributed by atoms with Crippen molar-refractivity contribution in [2.75, 3.05) is 25.7 Å². The number of nitriles is 1. The summed E-state index contributed by atoms with van der Waals surface area (Å²) in [5.74, 6) is 1.86. The number of aromatic nitrogens is 2. The summed E-state index contributed by atoms with van der Waals surface area (Å²) < 4.78 is 16.5. The maximum Gasteiger partial charge on any atom is 0.270 e. The largest absolute Gasteiger partial charge is 0.496 e. The van der Waals surface area contributed by atoms with Gasteiger partial charge in [0.1, 0.15) is 30.6 Å². The molecule has 30 heavy (non-hydrogen) atoms.